The Morgan fingerprint density at radius 1 is 0.312 bits per heavy atom. The second kappa shape index (κ2) is 11.1. The third-order valence-electron chi connectivity index (χ3n) is 9.41. The zero-order valence-corrected chi connectivity index (χ0v) is 25.6. The van der Waals surface area contributed by atoms with Crippen LogP contribution >= 0.6 is 0 Å². The molecule has 8 aromatic carbocycles. The Kier molecular flexibility index (Phi) is 6.89. The van der Waals surface area contributed by atoms with Crippen molar-refractivity contribution in [1.29, 1.82) is 0 Å². The summed E-state index contributed by atoms with van der Waals surface area (Å²) in [6.07, 6.45) is 0. The maximum atomic E-state index is 11.1. The highest BCUT2D eigenvalue weighted by Crippen LogP contribution is 2.44. The van der Waals surface area contributed by atoms with Gasteiger partial charge in [-0.1, -0.05) is 108 Å². The molecule has 0 aliphatic carbocycles. The molecule has 0 heterocycles. The highest BCUT2D eigenvalue weighted by Gasteiger charge is 2.26. The van der Waals surface area contributed by atoms with Gasteiger partial charge in [-0.3, -0.25) is 0 Å². The van der Waals surface area contributed by atoms with Crippen molar-refractivity contribution >= 4 is 110 Å². The molecule has 0 fully saturated rings. The van der Waals surface area contributed by atoms with E-state index in [-0.39, 0.29) is 33.1 Å². The average Bonchev–Trinajstić information content (AvgIpc) is 3.13. The molecule has 8 rings (SSSR count). The molecule has 3 N–H and O–H groups in total. The first-order valence-electron chi connectivity index (χ1n) is 15.3. The van der Waals surface area contributed by atoms with Crippen molar-refractivity contribution in [2.24, 2.45) is 0 Å². The van der Waals surface area contributed by atoms with E-state index in [2.05, 4.69) is 30.3 Å². The van der Waals surface area contributed by atoms with Crippen molar-refractivity contribution < 1.29 is 15.3 Å². The molecule has 214 valence electrons. The van der Waals surface area contributed by atoms with Crippen LogP contribution in [0.2, 0.25) is 0 Å². The number of hydrogen-bond donors (Lipinski definition) is 3. The monoisotopic (exact) mass is 604 g/mol. The predicted octanol–water partition coefficient (Wildman–Crippen LogP) is 4.39. The predicted molar refractivity (Wildman–Crippen MR) is 205 cm³/mol. The normalized spacial score (nSPS) is 11.6. The second-order valence-electron chi connectivity index (χ2n) is 12.1. The van der Waals surface area contributed by atoms with Crippen LogP contribution in [0.25, 0.3) is 76.5 Å². The van der Waals surface area contributed by atoms with Crippen molar-refractivity contribution in [3.8, 4) is 50.6 Å². The Hall–Kier alpha value is -5.48. The Morgan fingerprint density at radius 2 is 0.688 bits per heavy atom. The third kappa shape index (κ3) is 4.36. The van der Waals surface area contributed by atoms with E-state index in [1.807, 2.05) is 78.9 Å². The summed E-state index contributed by atoms with van der Waals surface area (Å²) in [5.74, 6) is -1.49. The van der Waals surface area contributed by atoms with Gasteiger partial charge in [0.25, 0.3) is 0 Å². The van der Waals surface area contributed by atoms with Crippen molar-refractivity contribution in [2.45, 2.75) is 0 Å². The van der Waals surface area contributed by atoms with Gasteiger partial charge in [-0.2, -0.15) is 0 Å². The van der Waals surface area contributed by atoms with Crippen LogP contribution in [0, 0.1) is 0 Å². The smallest absolute Gasteiger partial charge is 0.150 e. The molecule has 0 bridgehead atoms. The molecular formula is C40H21B5O3. The maximum Gasteiger partial charge on any atom is 0.150 e. The summed E-state index contributed by atoms with van der Waals surface area (Å²) in [6.45, 7) is 0. The van der Waals surface area contributed by atoms with E-state index in [9.17, 15) is 15.3 Å². The number of benzene rings is 8. The Labute approximate surface area is 283 Å². The van der Waals surface area contributed by atoms with E-state index in [1.54, 1.807) is 0 Å². The largest absolute Gasteiger partial charge is 0.509 e. The minimum Gasteiger partial charge on any atom is -0.509 e. The van der Waals surface area contributed by atoms with E-state index in [0.29, 0.717) is 43.8 Å². The van der Waals surface area contributed by atoms with Gasteiger partial charge in [0.1, 0.15) is 56.5 Å². The molecule has 8 heteroatoms. The number of rotatable bonds is 3. The SMILES string of the molecule is [B]c1c(O)c([B])c2c(-c3ccc4ccccc4c3)c3c([B])c(O)c(O)c([B])c3c(-c3ccc(-c4ccc5ccccc5c4)cc3)c2c1[B]. The van der Waals surface area contributed by atoms with Crippen LogP contribution < -0.4 is 27.3 Å². The number of fused-ring (bicyclic) bond motifs is 4. The van der Waals surface area contributed by atoms with Crippen molar-refractivity contribution in [3.05, 3.63) is 109 Å². The van der Waals surface area contributed by atoms with Crippen molar-refractivity contribution in [1.82, 2.24) is 0 Å². The lowest BCUT2D eigenvalue weighted by atomic mass is 9.66. The maximum absolute atomic E-state index is 11.1. The molecule has 0 aliphatic rings. The molecule has 0 spiro atoms. The summed E-state index contributed by atoms with van der Waals surface area (Å²) < 4.78 is 0. The lowest BCUT2D eigenvalue weighted by Gasteiger charge is -2.26. The molecule has 48 heavy (non-hydrogen) atoms. The first-order valence-corrected chi connectivity index (χ1v) is 15.3. The molecule has 0 atom stereocenters. The van der Waals surface area contributed by atoms with Gasteiger partial charge in [0.15, 0.2) is 0 Å². The standard InChI is InChI=1S/C40H21B5O3/c41-33-29-27(22-13-9-21(10-14-22)25-15-11-19-5-1-3-7-23(19)17-25)30-32(36(44)40(48)39(47)35(30)43)28(31(29)34(42)38(46)37(33)45)26-16-12-20-6-2-4-8-24(20)18-26/h1-18,46-48H. The molecule has 0 aromatic heterocycles. The van der Waals surface area contributed by atoms with Crippen LogP contribution in [-0.4, -0.2) is 54.6 Å². The molecule has 8 aromatic rings. The second-order valence-corrected chi connectivity index (χ2v) is 12.1. The summed E-state index contributed by atoms with van der Waals surface area (Å²) in [5.41, 5.74) is 4.10. The van der Waals surface area contributed by atoms with Crippen LogP contribution in [0.4, 0.5) is 0 Å². The van der Waals surface area contributed by atoms with Gasteiger partial charge in [-0.05, 0) is 105 Å². The van der Waals surface area contributed by atoms with E-state index in [0.717, 1.165) is 32.7 Å². The number of phenols is 3. The Bertz CT molecular complexity index is 2570. The lowest BCUT2D eigenvalue weighted by Crippen LogP contribution is -2.33. The lowest BCUT2D eigenvalue weighted by molar-refractivity contribution is 0.410. The van der Waals surface area contributed by atoms with Gasteiger partial charge in [0, 0.05) is 0 Å². The summed E-state index contributed by atoms with van der Waals surface area (Å²) in [6, 6.07) is 35.9. The molecule has 0 aliphatic heterocycles. The summed E-state index contributed by atoms with van der Waals surface area (Å²) in [4.78, 5) is 0. The van der Waals surface area contributed by atoms with Crippen LogP contribution in [0.1, 0.15) is 0 Å². The summed E-state index contributed by atoms with van der Waals surface area (Å²) >= 11 is 0. The highest BCUT2D eigenvalue weighted by molar-refractivity contribution is 6.61. The summed E-state index contributed by atoms with van der Waals surface area (Å²) in [5, 5.41) is 39.0. The van der Waals surface area contributed by atoms with E-state index in [4.69, 9.17) is 39.2 Å². The first kappa shape index (κ1) is 29.9. The fraction of sp³-hybridized carbons (Fsp3) is 0. The molecule has 0 amide bonds. The van der Waals surface area contributed by atoms with Crippen LogP contribution in [0.5, 0.6) is 17.2 Å². The van der Waals surface area contributed by atoms with Gasteiger partial charge in [-0.15, -0.1) is 0 Å². The fourth-order valence-corrected chi connectivity index (χ4v) is 6.97. The van der Waals surface area contributed by atoms with Crippen LogP contribution in [-0.2, 0) is 0 Å². The highest BCUT2D eigenvalue weighted by atomic mass is 16.3. The molecular weight excluding hydrogens is 582 g/mol. The molecule has 0 saturated carbocycles. The van der Waals surface area contributed by atoms with Crippen LogP contribution in [0.3, 0.4) is 0 Å². The molecule has 3 nitrogen and oxygen atoms in total. The minimum atomic E-state index is -0.565. The van der Waals surface area contributed by atoms with Crippen molar-refractivity contribution in [3.63, 3.8) is 0 Å². The zero-order chi connectivity index (χ0) is 33.4. The third-order valence-corrected chi connectivity index (χ3v) is 9.41. The molecule has 0 unspecified atom stereocenters. The zero-order valence-electron chi connectivity index (χ0n) is 25.6. The quantitative estimate of drug-likeness (QED) is 0.160. The van der Waals surface area contributed by atoms with Gasteiger partial charge < -0.3 is 15.3 Å². The molecule has 0 saturated heterocycles. The van der Waals surface area contributed by atoms with E-state index >= 15 is 0 Å². The van der Waals surface area contributed by atoms with Gasteiger partial charge >= 0.3 is 0 Å². The average molecular weight is 604 g/mol. The number of phenolic OH excluding ortho intramolecular Hbond substituents is 3. The van der Waals surface area contributed by atoms with Gasteiger partial charge in [0.05, 0.1) is 0 Å². The van der Waals surface area contributed by atoms with Crippen molar-refractivity contribution in [2.75, 3.05) is 0 Å². The Balaban J connectivity index is 1.51. The van der Waals surface area contributed by atoms with Gasteiger partial charge in [0.2, 0.25) is 0 Å². The van der Waals surface area contributed by atoms with Gasteiger partial charge in [-0.25, -0.2) is 0 Å². The number of hydrogen-bond acceptors (Lipinski definition) is 3. The first-order chi connectivity index (χ1) is 23.2. The topological polar surface area (TPSA) is 60.7 Å². The minimum absolute atomic E-state index is 0.0127. The van der Waals surface area contributed by atoms with Crippen LogP contribution in [0.15, 0.2) is 109 Å². The number of aromatic hydroxyl groups is 3. The fourth-order valence-electron chi connectivity index (χ4n) is 6.97. The summed E-state index contributed by atoms with van der Waals surface area (Å²) in [7, 11) is 33.2. The molecule has 10 radical (unpaired) electrons. The van der Waals surface area contributed by atoms with E-state index < -0.39 is 11.5 Å². The van der Waals surface area contributed by atoms with E-state index in [1.165, 1.54) is 0 Å². The Morgan fingerprint density at radius 3 is 1.23 bits per heavy atom.